The van der Waals surface area contributed by atoms with Gasteiger partial charge in [0.25, 0.3) is 0 Å². The number of rotatable bonds is 9. The molecule has 3 heteroatoms. The molecule has 0 saturated carbocycles. The average molecular weight is 212 g/mol. The highest BCUT2D eigenvalue weighted by molar-refractivity contribution is 4.86. The predicted octanol–water partition coefficient (Wildman–Crippen LogP) is 0.861. The van der Waals surface area contributed by atoms with Gasteiger partial charge in [-0.3, -0.25) is 0 Å². The molecule has 0 unspecified atom stereocenters. The fourth-order valence-corrected chi connectivity index (χ4v) is 1.23. The molecule has 2 N–H and O–H groups in total. The highest BCUT2D eigenvalue weighted by Gasteiger charge is 2.16. The zero-order valence-corrected chi connectivity index (χ0v) is 10.2. The molecule has 0 heterocycles. The lowest BCUT2D eigenvalue weighted by Crippen LogP contribution is -2.35. The third-order valence-electron chi connectivity index (χ3n) is 2.29. The van der Waals surface area contributed by atoms with Gasteiger partial charge in [-0.1, -0.05) is 19.8 Å². The molecule has 0 bridgehead atoms. The molecular weight excluding hydrogens is 188 g/mol. The Hall–Kier alpha value is -0.560. The van der Waals surface area contributed by atoms with Crippen molar-refractivity contribution in [1.29, 1.82) is 0 Å². The lowest BCUT2D eigenvalue weighted by molar-refractivity contribution is 0.151. The molecule has 15 heavy (non-hydrogen) atoms. The van der Waals surface area contributed by atoms with Crippen molar-refractivity contribution in [3.63, 3.8) is 0 Å². The van der Waals surface area contributed by atoms with E-state index in [-0.39, 0.29) is 0 Å². The minimum atomic E-state index is 0.294. The van der Waals surface area contributed by atoms with Crippen LogP contribution in [0.3, 0.4) is 0 Å². The summed E-state index contributed by atoms with van der Waals surface area (Å²) in [6.07, 6.45) is 6.20. The Morgan fingerprint density at radius 2 is 1.93 bits per heavy atom. The normalized spacial score (nSPS) is 11.3. The quantitative estimate of drug-likeness (QED) is 0.439. The van der Waals surface area contributed by atoms with E-state index in [1.165, 1.54) is 0 Å². The summed E-state index contributed by atoms with van der Waals surface area (Å²) in [5.74, 6) is 2.55. The first-order chi connectivity index (χ1) is 7.12. The van der Waals surface area contributed by atoms with Gasteiger partial charge < -0.3 is 15.4 Å². The molecule has 88 valence electrons. The van der Waals surface area contributed by atoms with E-state index in [0.717, 1.165) is 32.7 Å². The second kappa shape index (κ2) is 8.72. The fraction of sp³-hybridized carbons (Fsp3) is 0.833. The van der Waals surface area contributed by atoms with Crippen LogP contribution < -0.4 is 10.6 Å². The van der Waals surface area contributed by atoms with E-state index in [0.29, 0.717) is 12.0 Å². The topological polar surface area (TPSA) is 33.3 Å². The maximum absolute atomic E-state index is 5.12. The summed E-state index contributed by atoms with van der Waals surface area (Å²) < 4.78 is 5.07. The molecule has 0 aliphatic rings. The standard InChI is InChI=1S/C12H24N2O/c1-5-7-13-8-9-14-11-12(2,3)6-10-15-4/h1,13-14H,6-11H2,2-4H3. The zero-order valence-electron chi connectivity index (χ0n) is 10.2. The van der Waals surface area contributed by atoms with Crippen LogP contribution in [-0.4, -0.2) is 39.9 Å². The van der Waals surface area contributed by atoms with Gasteiger partial charge in [-0.25, -0.2) is 0 Å². The molecule has 0 saturated heterocycles. The Balaban J connectivity index is 3.36. The van der Waals surface area contributed by atoms with Gasteiger partial charge in [0.2, 0.25) is 0 Å². The van der Waals surface area contributed by atoms with Crippen LogP contribution in [0.2, 0.25) is 0 Å². The summed E-state index contributed by atoms with van der Waals surface area (Å²) in [6, 6.07) is 0. The number of hydrogen-bond acceptors (Lipinski definition) is 3. The number of methoxy groups -OCH3 is 1. The van der Waals surface area contributed by atoms with Crippen LogP contribution >= 0.6 is 0 Å². The first kappa shape index (κ1) is 14.4. The van der Waals surface area contributed by atoms with Crippen LogP contribution in [0, 0.1) is 17.8 Å². The Kier molecular flexibility index (Phi) is 8.40. The summed E-state index contributed by atoms with van der Waals surface area (Å²) in [6.45, 7) is 8.84. The maximum atomic E-state index is 5.12. The summed E-state index contributed by atoms with van der Waals surface area (Å²) in [5.41, 5.74) is 0.294. The molecule has 0 aromatic heterocycles. The van der Waals surface area contributed by atoms with Crippen LogP contribution in [0.4, 0.5) is 0 Å². The molecule has 3 nitrogen and oxygen atoms in total. The average Bonchev–Trinajstić information content (AvgIpc) is 2.20. The molecule has 0 aromatic carbocycles. The Bertz CT molecular complexity index is 185. The number of nitrogens with one attached hydrogen (secondary N) is 2. The minimum Gasteiger partial charge on any atom is -0.385 e. The van der Waals surface area contributed by atoms with Crippen LogP contribution in [0.1, 0.15) is 20.3 Å². The van der Waals surface area contributed by atoms with E-state index in [9.17, 15) is 0 Å². The van der Waals surface area contributed by atoms with Crippen molar-refractivity contribution in [1.82, 2.24) is 10.6 Å². The third-order valence-corrected chi connectivity index (χ3v) is 2.29. The number of terminal acetylenes is 1. The van der Waals surface area contributed by atoms with Gasteiger partial charge in [0, 0.05) is 33.4 Å². The van der Waals surface area contributed by atoms with Crippen molar-refractivity contribution >= 4 is 0 Å². The van der Waals surface area contributed by atoms with E-state index >= 15 is 0 Å². The second-order valence-corrected chi connectivity index (χ2v) is 4.46. The van der Waals surface area contributed by atoms with Crippen molar-refractivity contribution in [2.75, 3.05) is 39.9 Å². The van der Waals surface area contributed by atoms with E-state index in [1.807, 2.05) is 0 Å². The second-order valence-electron chi connectivity index (χ2n) is 4.46. The van der Waals surface area contributed by atoms with Crippen molar-refractivity contribution in [2.24, 2.45) is 5.41 Å². The molecule has 0 atom stereocenters. The van der Waals surface area contributed by atoms with Crippen molar-refractivity contribution in [3.05, 3.63) is 0 Å². The lowest BCUT2D eigenvalue weighted by Gasteiger charge is -2.24. The van der Waals surface area contributed by atoms with Crippen LogP contribution in [0.25, 0.3) is 0 Å². The molecule has 0 fully saturated rings. The monoisotopic (exact) mass is 212 g/mol. The molecular formula is C12H24N2O. The molecule has 0 aliphatic carbocycles. The van der Waals surface area contributed by atoms with Crippen LogP contribution in [0.15, 0.2) is 0 Å². The van der Waals surface area contributed by atoms with Gasteiger partial charge in [0.05, 0.1) is 6.54 Å². The molecule has 0 spiro atoms. The van der Waals surface area contributed by atoms with Gasteiger partial charge in [-0.15, -0.1) is 6.42 Å². The van der Waals surface area contributed by atoms with Crippen molar-refractivity contribution in [3.8, 4) is 12.3 Å². The van der Waals surface area contributed by atoms with Gasteiger partial charge in [0.15, 0.2) is 0 Å². The van der Waals surface area contributed by atoms with Gasteiger partial charge in [-0.05, 0) is 11.8 Å². The molecule has 0 radical (unpaired) electrons. The number of hydrogen-bond donors (Lipinski definition) is 2. The van der Waals surface area contributed by atoms with E-state index in [4.69, 9.17) is 11.2 Å². The minimum absolute atomic E-state index is 0.294. The maximum Gasteiger partial charge on any atom is 0.0574 e. The largest absolute Gasteiger partial charge is 0.385 e. The predicted molar refractivity (Wildman–Crippen MR) is 64.8 cm³/mol. The fourth-order valence-electron chi connectivity index (χ4n) is 1.23. The first-order valence-electron chi connectivity index (χ1n) is 5.46. The molecule has 0 aliphatic heterocycles. The SMILES string of the molecule is C#CCNCCNCC(C)(C)CCOC. The first-order valence-corrected chi connectivity index (χ1v) is 5.46. The van der Waals surface area contributed by atoms with E-state index in [1.54, 1.807) is 7.11 Å². The Morgan fingerprint density at radius 3 is 2.53 bits per heavy atom. The van der Waals surface area contributed by atoms with Gasteiger partial charge in [-0.2, -0.15) is 0 Å². The summed E-state index contributed by atoms with van der Waals surface area (Å²) in [7, 11) is 1.74. The summed E-state index contributed by atoms with van der Waals surface area (Å²) in [5, 5.41) is 6.55. The van der Waals surface area contributed by atoms with Crippen LogP contribution in [-0.2, 0) is 4.74 Å². The lowest BCUT2D eigenvalue weighted by atomic mass is 9.90. The Labute approximate surface area is 94.0 Å². The smallest absolute Gasteiger partial charge is 0.0574 e. The van der Waals surface area contributed by atoms with Crippen molar-refractivity contribution in [2.45, 2.75) is 20.3 Å². The highest BCUT2D eigenvalue weighted by atomic mass is 16.5. The molecule has 0 aromatic rings. The van der Waals surface area contributed by atoms with E-state index < -0.39 is 0 Å². The third kappa shape index (κ3) is 9.74. The van der Waals surface area contributed by atoms with Crippen molar-refractivity contribution < 1.29 is 4.74 Å². The zero-order chi connectivity index (χ0) is 11.6. The summed E-state index contributed by atoms with van der Waals surface area (Å²) >= 11 is 0. The molecule has 0 rings (SSSR count). The van der Waals surface area contributed by atoms with Crippen LogP contribution in [0.5, 0.6) is 0 Å². The summed E-state index contributed by atoms with van der Waals surface area (Å²) in [4.78, 5) is 0. The van der Waals surface area contributed by atoms with Gasteiger partial charge in [0.1, 0.15) is 0 Å². The molecule has 0 amide bonds. The number of ether oxygens (including phenoxy) is 1. The van der Waals surface area contributed by atoms with E-state index in [2.05, 4.69) is 30.4 Å². The Morgan fingerprint density at radius 1 is 1.27 bits per heavy atom. The van der Waals surface area contributed by atoms with Gasteiger partial charge >= 0.3 is 0 Å². The highest BCUT2D eigenvalue weighted by Crippen LogP contribution is 2.18.